The third kappa shape index (κ3) is 7.22. The fourth-order valence-electron chi connectivity index (χ4n) is 4.19. The van der Waals surface area contributed by atoms with E-state index >= 15 is 0 Å². The predicted molar refractivity (Wildman–Crippen MR) is 130 cm³/mol. The maximum Gasteiger partial charge on any atom is 0.244 e. The topological polar surface area (TPSA) is 86.8 Å². The summed E-state index contributed by atoms with van der Waals surface area (Å²) in [5.74, 6) is -4.03. The Morgan fingerprint density at radius 3 is 2.22 bits per heavy atom. The molecule has 2 aromatic carbocycles. The summed E-state index contributed by atoms with van der Waals surface area (Å²) in [5, 5.41) is 2.96. The van der Waals surface area contributed by atoms with Crippen LogP contribution in [0, 0.1) is 17.5 Å². The van der Waals surface area contributed by atoms with E-state index in [2.05, 4.69) is 5.32 Å². The first kappa shape index (κ1) is 27.5. The van der Waals surface area contributed by atoms with Gasteiger partial charge in [-0.25, -0.2) is 21.6 Å². The fourth-order valence-corrected chi connectivity index (χ4v) is 5.03. The maximum absolute atomic E-state index is 13.8. The van der Waals surface area contributed by atoms with Crippen LogP contribution in [-0.4, -0.2) is 50.0 Å². The average molecular weight is 526 g/mol. The number of nitrogens with one attached hydrogen (secondary N) is 1. The van der Waals surface area contributed by atoms with E-state index in [-0.39, 0.29) is 18.3 Å². The van der Waals surface area contributed by atoms with E-state index in [9.17, 15) is 31.2 Å². The quantitative estimate of drug-likeness (QED) is 0.541. The molecule has 2 aromatic rings. The van der Waals surface area contributed by atoms with Crippen LogP contribution in [0.1, 0.15) is 44.6 Å². The minimum absolute atomic E-state index is 0.00817. The Hall–Kier alpha value is -3.08. The molecule has 1 saturated carbocycles. The molecule has 11 heteroatoms. The van der Waals surface area contributed by atoms with Gasteiger partial charge in [0, 0.05) is 18.7 Å². The molecule has 0 spiro atoms. The van der Waals surface area contributed by atoms with Gasteiger partial charge >= 0.3 is 0 Å². The number of halogens is 3. The number of rotatable bonds is 9. The van der Waals surface area contributed by atoms with E-state index in [1.807, 2.05) is 0 Å². The number of sulfonamides is 1. The van der Waals surface area contributed by atoms with E-state index in [1.54, 1.807) is 0 Å². The van der Waals surface area contributed by atoms with Gasteiger partial charge in [-0.2, -0.15) is 0 Å². The molecule has 0 aliphatic heterocycles. The zero-order valence-corrected chi connectivity index (χ0v) is 21.0. The maximum atomic E-state index is 13.8. The van der Waals surface area contributed by atoms with Crippen molar-refractivity contribution in [3.63, 3.8) is 0 Å². The van der Waals surface area contributed by atoms with Crippen LogP contribution < -0.4 is 9.62 Å². The van der Waals surface area contributed by atoms with E-state index in [0.29, 0.717) is 15.9 Å². The molecule has 0 radical (unpaired) electrons. The van der Waals surface area contributed by atoms with Crippen molar-refractivity contribution in [2.75, 3.05) is 17.1 Å². The minimum Gasteiger partial charge on any atom is -0.352 e. The number of nitrogens with zero attached hydrogens (tertiary/aromatic N) is 2. The molecule has 1 aliphatic rings. The number of hydrogen-bond acceptors (Lipinski definition) is 4. The molecule has 1 atom stereocenters. The Morgan fingerprint density at radius 2 is 1.64 bits per heavy atom. The smallest absolute Gasteiger partial charge is 0.244 e. The lowest BCUT2D eigenvalue weighted by Crippen LogP contribution is -2.53. The van der Waals surface area contributed by atoms with E-state index in [1.165, 1.54) is 36.1 Å². The Labute approximate surface area is 209 Å². The van der Waals surface area contributed by atoms with Crippen LogP contribution in [0.4, 0.5) is 18.9 Å². The van der Waals surface area contributed by atoms with Crippen LogP contribution in [0.5, 0.6) is 0 Å². The summed E-state index contributed by atoms with van der Waals surface area (Å²) in [5.41, 5.74) is 0.298. The first-order chi connectivity index (χ1) is 17.0. The van der Waals surface area contributed by atoms with Crippen LogP contribution in [-0.2, 0) is 26.2 Å². The first-order valence-electron chi connectivity index (χ1n) is 11.7. The van der Waals surface area contributed by atoms with Gasteiger partial charge in [-0.05, 0) is 49.6 Å². The molecule has 1 aliphatic carbocycles. The van der Waals surface area contributed by atoms with Crippen molar-refractivity contribution in [3.8, 4) is 0 Å². The van der Waals surface area contributed by atoms with Crippen molar-refractivity contribution in [1.82, 2.24) is 10.2 Å². The van der Waals surface area contributed by atoms with Gasteiger partial charge in [0.2, 0.25) is 21.8 Å². The second kappa shape index (κ2) is 11.8. The lowest BCUT2D eigenvalue weighted by molar-refractivity contribution is -0.139. The van der Waals surface area contributed by atoms with Crippen molar-refractivity contribution in [2.24, 2.45) is 0 Å². The van der Waals surface area contributed by atoms with Crippen LogP contribution in [0.15, 0.2) is 42.5 Å². The van der Waals surface area contributed by atoms with Gasteiger partial charge in [0.1, 0.15) is 18.4 Å². The zero-order valence-electron chi connectivity index (χ0n) is 20.2. The molecule has 0 unspecified atom stereocenters. The molecule has 1 N–H and O–H groups in total. The second-order valence-electron chi connectivity index (χ2n) is 9.04. The Balaban J connectivity index is 1.87. The highest BCUT2D eigenvalue weighted by molar-refractivity contribution is 7.92. The van der Waals surface area contributed by atoms with Crippen LogP contribution in [0.25, 0.3) is 0 Å². The first-order valence-corrected chi connectivity index (χ1v) is 13.6. The molecule has 0 heterocycles. The molecular formula is C25H30F3N3O4S. The summed E-state index contributed by atoms with van der Waals surface area (Å²) >= 11 is 0. The highest BCUT2D eigenvalue weighted by Gasteiger charge is 2.31. The molecule has 0 aromatic heterocycles. The summed E-state index contributed by atoms with van der Waals surface area (Å²) in [6.45, 7) is 0.696. The van der Waals surface area contributed by atoms with Crippen LogP contribution in [0.3, 0.4) is 0 Å². The lowest BCUT2D eigenvalue weighted by atomic mass is 9.95. The standard InChI is InChI=1S/C25H30F3N3O4S/c1-17(25(33)29-20-6-4-3-5-7-20)30(15-18-8-10-19(26)11-9-18)24(32)16-31(36(2,34)35)21-12-13-22(27)23(28)14-21/h8-14,17,20H,3-7,15-16H2,1-2H3,(H,29,33)/t17-/m0/s1. The SMILES string of the molecule is C[C@@H](C(=O)NC1CCCCC1)N(Cc1ccc(F)cc1)C(=O)CN(c1ccc(F)c(F)c1)S(C)(=O)=O. The second-order valence-corrected chi connectivity index (χ2v) is 10.9. The molecule has 0 saturated heterocycles. The molecule has 36 heavy (non-hydrogen) atoms. The Bertz CT molecular complexity index is 1190. The number of hydrogen-bond donors (Lipinski definition) is 1. The van der Waals surface area contributed by atoms with Crippen LogP contribution in [0.2, 0.25) is 0 Å². The third-order valence-electron chi connectivity index (χ3n) is 6.26. The molecule has 7 nitrogen and oxygen atoms in total. The van der Waals surface area contributed by atoms with Crippen molar-refractivity contribution in [1.29, 1.82) is 0 Å². The van der Waals surface area contributed by atoms with Crippen molar-refractivity contribution in [3.05, 3.63) is 65.5 Å². The number of amides is 2. The highest BCUT2D eigenvalue weighted by atomic mass is 32.2. The van der Waals surface area contributed by atoms with Crippen molar-refractivity contribution in [2.45, 2.75) is 57.7 Å². The zero-order chi connectivity index (χ0) is 26.5. The number of carbonyl (C=O) groups excluding carboxylic acids is 2. The van der Waals surface area contributed by atoms with E-state index in [4.69, 9.17) is 0 Å². The van der Waals surface area contributed by atoms with Gasteiger partial charge in [0.15, 0.2) is 11.6 Å². The summed E-state index contributed by atoms with van der Waals surface area (Å²) in [7, 11) is -4.08. The molecule has 3 rings (SSSR count). The highest BCUT2D eigenvalue weighted by Crippen LogP contribution is 2.22. The van der Waals surface area contributed by atoms with Gasteiger partial charge in [-0.3, -0.25) is 13.9 Å². The number of carbonyl (C=O) groups is 2. The number of benzene rings is 2. The van der Waals surface area contributed by atoms with Gasteiger partial charge in [0.05, 0.1) is 11.9 Å². The average Bonchev–Trinajstić information content (AvgIpc) is 2.83. The minimum atomic E-state index is -4.08. The molecular weight excluding hydrogens is 495 g/mol. The van der Waals surface area contributed by atoms with Crippen LogP contribution >= 0.6 is 0 Å². The van der Waals surface area contributed by atoms with E-state index in [0.717, 1.165) is 50.5 Å². The third-order valence-corrected chi connectivity index (χ3v) is 7.40. The largest absolute Gasteiger partial charge is 0.352 e. The van der Waals surface area contributed by atoms with Gasteiger partial charge < -0.3 is 10.2 Å². The van der Waals surface area contributed by atoms with E-state index < -0.39 is 51.9 Å². The lowest BCUT2D eigenvalue weighted by Gasteiger charge is -2.33. The summed E-state index contributed by atoms with van der Waals surface area (Å²) in [6.07, 6.45) is 5.60. The summed E-state index contributed by atoms with van der Waals surface area (Å²) in [4.78, 5) is 27.7. The fraction of sp³-hybridized carbons (Fsp3) is 0.440. The molecule has 196 valence electrons. The van der Waals surface area contributed by atoms with Crippen molar-refractivity contribution >= 4 is 27.5 Å². The van der Waals surface area contributed by atoms with Gasteiger partial charge in [0.25, 0.3) is 0 Å². The Kier molecular flexibility index (Phi) is 8.99. The van der Waals surface area contributed by atoms with Crippen molar-refractivity contribution < 1.29 is 31.2 Å². The predicted octanol–water partition coefficient (Wildman–Crippen LogP) is 3.74. The van der Waals surface area contributed by atoms with Gasteiger partial charge in [-0.15, -0.1) is 0 Å². The molecule has 0 bridgehead atoms. The summed E-state index contributed by atoms with van der Waals surface area (Å²) < 4.78 is 66.2. The normalized spacial score (nSPS) is 15.2. The molecule has 2 amide bonds. The monoisotopic (exact) mass is 525 g/mol. The summed E-state index contributed by atoms with van der Waals surface area (Å²) in [6, 6.07) is 6.88. The number of anilines is 1. The van der Waals surface area contributed by atoms with Gasteiger partial charge in [-0.1, -0.05) is 31.4 Å². The Morgan fingerprint density at radius 1 is 1.00 bits per heavy atom. The molecule has 1 fully saturated rings.